The number of ether oxygens (including phenoxy) is 1. The minimum atomic E-state index is 0.522. The van der Waals surface area contributed by atoms with Crippen LogP contribution in [-0.2, 0) is 24.4 Å². The minimum Gasteiger partial charge on any atom is -0.381 e. The Kier molecular flexibility index (Phi) is 4.96. The van der Waals surface area contributed by atoms with Crippen molar-refractivity contribution in [3.8, 4) is 0 Å². The van der Waals surface area contributed by atoms with Gasteiger partial charge in [0.25, 0.3) is 0 Å². The quantitative estimate of drug-likeness (QED) is 0.806. The molecule has 1 atom stereocenters. The van der Waals surface area contributed by atoms with Crippen LogP contribution < -0.4 is 0 Å². The average Bonchev–Trinajstić information content (AvgIpc) is 3.08. The standard InChI is InChI=1S/C18H26N4OS/c1-14-18(24-13-20-14)9-21-6-16(11-23-10-15-3-2-4-15)7-22-12-19-5-17(22)8-21/h5,12-13,15-16H,2-4,6-11H2,1H3. The van der Waals surface area contributed by atoms with E-state index in [-0.39, 0.29) is 0 Å². The van der Waals surface area contributed by atoms with Crippen LogP contribution in [0.4, 0.5) is 0 Å². The summed E-state index contributed by atoms with van der Waals surface area (Å²) in [6, 6.07) is 0. The van der Waals surface area contributed by atoms with Crippen molar-refractivity contribution in [1.29, 1.82) is 0 Å². The molecular weight excluding hydrogens is 320 g/mol. The highest BCUT2D eigenvalue weighted by Crippen LogP contribution is 2.27. The maximum atomic E-state index is 6.06. The van der Waals surface area contributed by atoms with E-state index < -0.39 is 0 Å². The summed E-state index contributed by atoms with van der Waals surface area (Å²) in [5, 5.41) is 0. The van der Waals surface area contributed by atoms with Crippen molar-refractivity contribution in [1.82, 2.24) is 19.4 Å². The van der Waals surface area contributed by atoms with E-state index in [0.717, 1.165) is 51.0 Å². The van der Waals surface area contributed by atoms with Gasteiger partial charge in [0, 0.05) is 49.8 Å². The Morgan fingerprint density at radius 1 is 1.25 bits per heavy atom. The van der Waals surface area contributed by atoms with Gasteiger partial charge in [-0.15, -0.1) is 11.3 Å². The van der Waals surface area contributed by atoms with Crippen LogP contribution in [0.3, 0.4) is 0 Å². The van der Waals surface area contributed by atoms with Crippen LogP contribution in [0.25, 0.3) is 0 Å². The normalized spacial score (nSPS) is 22.1. The van der Waals surface area contributed by atoms with Gasteiger partial charge in [-0.3, -0.25) is 4.90 Å². The maximum Gasteiger partial charge on any atom is 0.0948 e. The summed E-state index contributed by atoms with van der Waals surface area (Å²) in [4.78, 5) is 12.6. The number of nitrogens with zero attached hydrogens (tertiary/aromatic N) is 4. The molecule has 2 aromatic heterocycles. The molecule has 0 amide bonds. The lowest BCUT2D eigenvalue weighted by Crippen LogP contribution is -2.30. The summed E-state index contributed by atoms with van der Waals surface area (Å²) in [5.41, 5.74) is 4.42. The maximum absolute atomic E-state index is 6.06. The fourth-order valence-corrected chi connectivity index (χ4v) is 4.43. The highest BCUT2D eigenvalue weighted by atomic mass is 32.1. The van der Waals surface area contributed by atoms with Crippen LogP contribution in [-0.4, -0.2) is 39.2 Å². The lowest BCUT2D eigenvalue weighted by atomic mass is 9.86. The van der Waals surface area contributed by atoms with Gasteiger partial charge in [-0.25, -0.2) is 9.97 Å². The van der Waals surface area contributed by atoms with Gasteiger partial charge in [-0.05, 0) is 25.7 Å². The molecule has 130 valence electrons. The van der Waals surface area contributed by atoms with E-state index in [1.165, 1.54) is 29.8 Å². The molecule has 0 bridgehead atoms. The van der Waals surface area contributed by atoms with E-state index in [0.29, 0.717) is 5.92 Å². The molecule has 5 nitrogen and oxygen atoms in total. The number of aromatic nitrogens is 3. The highest BCUT2D eigenvalue weighted by molar-refractivity contribution is 7.09. The fourth-order valence-electron chi connectivity index (χ4n) is 3.61. The molecule has 2 aliphatic rings. The molecule has 0 radical (unpaired) electrons. The lowest BCUT2D eigenvalue weighted by Gasteiger charge is -2.27. The Morgan fingerprint density at radius 3 is 2.88 bits per heavy atom. The van der Waals surface area contributed by atoms with Crippen LogP contribution in [0, 0.1) is 18.8 Å². The second-order valence-electron chi connectivity index (χ2n) is 7.27. The van der Waals surface area contributed by atoms with Gasteiger partial charge in [0.15, 0.2) is 0 Å². The monoisotopic (exact) mass is 346 g/mol. The molecule has 0 saturated heterocycles. The van der Waals surface area contributed by atoms with E-state index in [9.17, 15) is 0 Å². The van der Waals surface area contributed by atoms with Crippen molar-refractivity contribution in [3.05, 3.63) is 34.3 Å². The van der Waals surface area contributed by atoms with E-state index in [1.54, 1.807) is 11.3 Å². The zero-order valence-electron chi connectivity index (χ0n) is 14.4. The molecule has 24 heavy (non-hydrogen) atoms. The Balaban J connectivity index is 1.40. The molecule has 4 rings (SSSR count). The molecular formula is C18H26N4OS. The van der Waals surface area contributed by atoms with E-state index in [4.69, 9.17) is 4.74 Å². The van der Waals surface area contributed by atoms with Gasteiger partial charge in [-0.2, -0.15) is 0 Å². The van der Waals surface area contributed by atoms with Gasteiger partial charge in [0.05, 0.1) is 29.8 Å². The van der Waals surface area contributed by atoms with Crippen molar-refractivity contribution in [2.24, 2.45) is 11.8 Å². The molecule has 0 spiro atoms. The Bertz CT molecular complexity index is 664. The Hall–Kier alpha value is -1.24. The highest BCUT2D eigenvalue weighted by Gasteiger charge is 2.24. The molecule has 1 aliphatic carbocycles. The average molecular weight is 347 g/mol. The summed E-state index contributed by atoms with van der Waals surface area (Å²) in [5.74, 6) is 1.34. The number of hydrogen-bond acceptors (Lipinski definition) is 5. The van der Waals surface area contributed by atoms with Crippen molar-refractivity contribution in [2.45, 2.75) is 45.8 Å². The molecule has 1 aliphatic heterocycles. The molecule has 3 heterocycles. The van der Waals surface area contributed by atoms with Crippen molar-refractivity contribution >= 4 is 11.3 Å². The summed E-state index contributed by atoms with van der Waals surface area (Å²) >= 11 is 1.76. The lowest BCUT2D eigenvalue weighted by molar-refractivity contribution is 0.0359. The fraction of sp³-hybridized carbons (Fsp3) is 0.667. The predicted octanol–water partition coefficient (Wildman–Crippen LogP) is 3.10. The molecule has 1 fully saturated rings. The second kappa shape index (κ2) is 7.33. The first-order valence-electron chi connectivity index (χ1n) is 8.96. The third-order valence-corrected chi connectivity index (χ3v) is 6.22. The number of fused-ring (bicyclic) bond motifs is 1. The summed E-state index contributed by atoms with van der Waals surface area (Å²) in [7, 11) is 0. The Morgan fingerprint density at radius 2 is 2.12 bits per heavy atom. The third-order valence-electron chi connectivity index (χ3n) is 5.30. The minimum absolute atomic E-state index is 0.522. The zero-order valence-corrected chi connectivity index (χ0v) is 15.2. The van der Waals surface area contributed by atoms with Crippen LogP contribution in [0.1, 0.15) is 35.5 Å². The Labute approximate surface area is 147 Å². The number of rotatable bonds is 6. The summed E-state index contributed by atoms with van der Waals surface area (Å²) in [6.07, 6.45) is 8.07. The number of imidazole rings is 1. The van der Waals surface area contributed by atoms with Gasteiger partial charge in [0.1, 0.15) is 0 Å². The number of thiazole rings is 1. The number of hydrogen-bond donors (Lipinski definition) is 0. The van der Waals surface area contributed by atoms with Crippen molar-refractivity contribution in [3.63, 3.8) is 0 Å². The first-order valence-corrected chi connectivity index (χ1v) is 9.84. The smallest absolute Gasteiger partial charge is 0.0948 e. The predicted molar refractivity (Wildman–Crippen MR) is 94.8 cm³/mol. The summed E-state index contributed by atoms with van der Waals surface area (Å²) in [6.45, 7) is 7.92. The van der Waals surface area contributed by atoms with Crippen LogP contribution >= 0.6 is 11.3 Å². The van der Waals surface area contributed by atoms with Crippen molar-refractivity contribution < 1.29 is 4.74 Å². The van der Waals surface area contributed by atoms with Crippen LogP contribution in [0.2, 0.25) is 0 Å². The third kappa shape index (κ3) is 3.71. The summed E-state index contributed by atoms with van der Waals surface area (Å²) < 4.78 is 8.36. The van der Waals surface area contributed by atoms with E-state index >= 15 is 0 Å². The van der Waals surface area contributed by atoms with Crippen LogP contribution in [0.15, 0.2) is 18.0 Å². The first-order chi connectivity index (χ1) is 11.8. The zero-order chi connectivity index (χ0) is 16.4. The topological polar surface area (TPSA) is 43.2 Å². The van der Waals surface area contributed by atoms with Crippen molar-refractivity contribution in [2.75, 3.05) is 19.8 Å². The van der Waals surface area contributed by atoms with Crippen LogP contribution in [0.5, 0.6) is 0 Å². The largest absolute Gasteiger partial charge is 0.381 e. The second-order valence-corrected chi connectivity index (χ2v) is 8.21. The molecule has 0 N–H and O–H groups in total. The number of aryl methyl sites for hydroxylation is 1. The molecule has 1 saturated carbocycles. The van der Waals surface area contributed by atoms with E-state index in [2.05, 4.69) is 26.4 Å². The SMILES string of the molecule is Cc1ncsc1CN1Cc2cncn2CC(COCC2CCC2)C1. The molecule has 6 heteroatoms. The first kappa shape index (κ1) is 16.2. The van der Waals surface area contributed by atoms with Gasteiger partial charge >= 0.3 is 0 Å². The molecule has 0 aromatic carbocycles. The molecule has 2 aromatic rings. The van der Waals surface area contributed by atoms with E-state index in [1.807, 2.05) is 18.0 Å². The van der Waals surface area contributed by atoms with Gasteiger partial charge in [0.2, 0.25) is 0 Å². The van der Waals surface area contributed by atoms with Gasteiger partial charge in [-0.1, -0.05) is 6.42 Å². The molecule has 1 unspecified atom stereocenters. The van der Waals surface area contributed by atoms with Gasteiger partial charge < -0.3 is 9.30 Å².